The van der Waals surface area contributed by atoms with Crippen LogP contribution >= 0.6 is 0 Å². The standard InChI is InChI=1S/C32H34N4O2/c37-30(26-14-15-26)23-35-18-16-27(17-19-35)32-33-31(34-38-32)28-12-7-13-29(20-28)36(21-24-8-3-1-4-9-24)22-25-10-5-2-6-11-25/h1-13,20,26-27H,14-19,21-23H2. The molecule has 0 amide bonds. The molecule has 6 heteroatoms. The van der Waals surface area contributed by atoms with Crippen LogP contribution in [0.5, 0.6) is 0 Å². The first-order valence-corrected chi connectivity index (χ1v) is 13.7. The third-order valence-electron chi connectivity index (χ3n) is 7.69. The van der Waals surface area contributed by atoms with Crippen LogP contribution in [0.1, 0.15) is 48.6 Å². The van der Waals surface area contributed by atoms with Crippen molar-refractivity contribution in [3.63, 3.8) is 0 Å². The first-order chi connectivity index (χ1) is 18.7. The molecule has 2 heterocycles. The highest BCUT2D eigenvalue weighted by Crippen LogP contribution is 2.32. The van der Waals surface area contributed by atoms with E-state index in [1.165, 1.54) is 11.1 Å². The molecule has 0 bridgehead atoms. The molecule has 0 spiro atoms. The van der Waals surface area contributed by atoms with Crippen LogP contribution in [0.4, 0.5) is 5.69 Å². The number of hydrogen-bond acceptors (Lipinski definition) is 6. The van der Waals surface area contributed by atoms with Crippen LogP contribution in [0.2, 0.25) is 0 Å². The summed E-state index contributed by atoms with van der Waals surface area (Å²) in [5.41, 5.74) is 4.60. The third kappa shape index (κ3) is 6.03. The zero-order valence-corrected chi connectivity index (χ0v) is 21.7. The molecule has 4 aromatic rings. The zero-order chi connectivity index (χ0) is 25.7. The quantitative estimate of drug-likeness (QED) is 0.259. The van der Waals surface area contributed by atoms with Crippen molar-refractivity contribution in [2.75, 3.05) is 24.5 Å². The van der Waals surface area contributed by atoms with E-state index in [0.717, 1.165) is 63.1 Å². The van der Waals surface area contributed by atoms with Gasteiger partial charge in [0.05, 0.1) is 6.54 Å². The summed E-state index contributed by atoms with van der Waals surface area (Å²) >= 11 is 0. The Morgan fingerprint density at radius 3 is 2.13 bits per heavy atom. The number of nitrogens with zero attached hydrogens (tertiary/aromatic N) is 4. The molecular weight excluding hydrogens is 472 g/mol. The number of likely N-dealkylation sites (tertiary alicyclic amines) is 1. The lowest BCUT2D eigenvalue weighted by atomic mass is 9.96. The van der Waals surface area contributed by atoms with Crippen LogP contribution in [0.25, 0.3) is 11.4 Å². The summed E-state index contributed by atoms with van der Waals surface area (Å²) in [6, 6.07) is 29.5. The van der Waals surface area contributed by atoms with Crippen molar-refractivity contribution >= 4 is 11.5 Å². The SMILES string of the molecule is O=C(CN1CCC(c2nc(-c3cccc(N(Cc4ccccc4)Cc4ccccc4)c3)no2)CC1)C1CC1. The Bertz CT molecular complexity index is 1300. The second-order valence-corrected chi connectivity index (χ2v) is 10.6. The molecule has 1 saturated heterocycles. The third-order valence-corrected chi connectivity index (χ3v) is 7.69. The molecule has 2 aliphatic rings. The predicted molar refractivity (Wildman–Crippen MR) is 149 cm³/mol. The minimum atomic E-state index is 0.249. The van der Waals surface area contributed by atoms with Crippen molar-refractivity contribution in [3.8, 4) is 11.4 Å². The zero-order valence-electron chi connectivity index (χ0n) is 21.7. The second kappa shape index (κ2) is 11.3. The maximum atomic E-state index is 12.2. The number of ketones is 1. The first kappa shape index (κ1) is 24.6. The highest BCUT2D eigenvalue weighted by Gasteiger charge is 2.32. The van der Waals surface area contributed by atoms with Gasteiger partial charge in [0.2, 0.25) is 11.7 Å². The van der Waals surface area contributed by atoms with E-state index in [1.807, 2.05) is 6.07 Å². The number of carbonyl (C=O) groups excluding carboxylic acids is 1. The Balaban J connectivity index is 1.16. The number of hydrogen-bond donors (Lipinski definition) is 0. The summed E-state index contributed by atoms with van der Waals surface area (Å²) in [6.07, 6.45) is 4.05. The summed E-state index contributed by atoms with van der Waals surface area (Å²) in [6.45, 7) is 4.02. The van der Waals surface area contributed by atoms with E-state index in [-0.39, 0.29) is 5.92 Å². The molecule has 1 saturated carbocycles. The lowest BCUT2D eigenvalue weighted by Crippen LogP contribution is -2.37. The maximum Gasteiger partial charge on any atom is 0.230 e. The number of piperidine rings is 1. The van der Waals surface area contributed by atoms with Gasteiger partial charge >= 0.3 is 0 Å². The lowest BCUT2D eigenvalue weighted by molar-refractivity contribution is -0.121. The smallest absolute Gasteiger partial charge is 0.230 e. The summed E-state index contributed by atoms with van der Waals surface area (Å²) in [7, 11) is 0. The van der Waals surface area contributed by atoms with Crippen LogP contribution in [0.3, 0.4) is 0 Å². The molecule has 0 N–H and O–H groups in total. The average molecular weight is 507 g/mol. The number of anilines is 1. The molecule has 38 heavy (non-hydrogen) atoms. The van der Waals surface area contributed by atoms with Crippen LogP contribution in [-0.4, -0.2) is 40.5 Å². The van der Waals surface area contributed by atoms with Crippen LogP contribution in [-0.2, 0) is 17.9 Å². The topological polar surface area (TPSA) is 62.5 Å². The van der Waals surface area contributed by atoms with E-state index in [4.69, 9.17) is 9.51 Å². The number of rotatable bonds is 10. The molecule has 0 radical (unpaired) electrons. The van der Waals surface area contributed by atoms with Gasteiger partial charge in [0, 0.05) is 36.2 Å². The molecule has 1 aliphatic heterocycles. The number of carbonyl (C=O) groups is 1. The normalized spacial score (nSPS) is 16.4. The Morgan fingerprint density at radius 2 is 1.50 bits per heavy atom. The van der Waals surface area contributed by atoms with Gasteiger partial charge in [-0.3, -0.25) is 9.69 Å². The van der Waals surface area contributed by atoms with Gasteiger partial charge in [-0.2, -0.15) is 4.98 Å². The Morgan fingerprint density at radius 1 is 0.842 bits per heavy atom. The lowest BCUT2D eigenvalue weighted by Gasteiger charge is -2.29. The minimum absolute atomic E-state index is 0.249. The van der Waals surface area contributed by atoms with Crippen molar-refractivity contribution in [2.24, 2.45) is 5.92 Å². The molecule has 0 unspecified atom stereocenters. The molecule has 6 nitrogen and oxygen atoms in total. The van der Waals surface area contributed by atoms with Crippen LogP contribution in [0.15, 0.2) is 89.5 Å². The second-order valence-electron chi connectivity index (χ2n) is 10.6. The number of benzene rings is 3. The van der Waals surface area contributed by atoms with Crippen molar-refractivity contribution in [1.82, 2.24) is 15.0 Å². The van der Waals surface area contributed by atoms with Crippen molar-refractivity contribution in [3.05, 3.63) is 102 Å². The molecular formula is C32H34N4O2. The number of aromatic nitrogens is 2. The summed E-state index contributed by atoms with van der Waals surface area (Å²) in [5.74, 6) is 2.34. The highest BCUT2D eigenvalue weighted by molar-refractivity contribution is 5.85. The van der Waals surface area contributed by atoms with E-state index in [1.54, 1.807) is 0 Å². The van der Waals surface area contributed by atoms with Gasteiger partial charge in [-0.05, 0) is 62.0 Å². The molecule has 1 aromatic heterocycles. The largest absolute Gasteiger partial charge is 0.363 e. The van der Waals surface area contributed by atoms with Crippen molar-refractivity contribution in [1.29, 1.82) is 0 Å². The van der Waals surface area contributed by atoms with Gasteiger partial charge in [-0.1, -0.05) is 78.0 Å². The molecule has 2 fully saturated rings. The minimum Gasteiger partial charge on any atom is -0.363 e. The van der Waals surface area contributed by atoms with Crippen LogP contribution < -0.4 is 4.90 Å². The van der Waals surface area contributed by atoms with E-state index >= 15 is 0 Å². The highest BCUT2D eigenvalue weighted by atomic mass is 16.5. The summed E-state index contributed by atoms with van der Waals surface area (Å²) < 4.78 is 5.75. The first-order valence-electron chi connectivity index (χ1n) is 13.7. The Hall–Kier alpha value is -3.77. The Kier molecular flexibility index (Phi) is 7.31. The molecule has 0 atom stereocenters. The Labute approximate surface area is 224 Å². The van der Waals surface area contributed by atoms with Gasteiger partial charge in [0.15, 0.2) is 0 Å². The van der Waals surface area contributed by atoms with Crippen LogP contribution in [0, 0.1) is 5.92 Å². The predicted octanol–water partition coefficient (Wildman–Crippen LogP) is 6.10. The van der Waals surface area contributed by atoms with E-state index in [2.05, 4.69) is 93.8 Å². The molecule has 194 valence electrons. The fourth-order valence-electron chi connectivity index (χ4n) is 5.30. The molecule has 6 rings (SSSR count). The fraction of sp³-hybridized carbons (Fsp3) is 0.344. The van der Waals surface area contributed by atoms with E-state index in [9.17, 15) is 4.79 Å². The molecule has 3 aromatic carbocycles. The average Bonchev–Trinajstić information content (AvgIpc) is 3.71. The monoisotopic (exact) mass is 506 g/mol. The van der Waals surface area contributed by atoms with E-state index in [0.29, 0.717) is 30.0 Å². The summed E-state index contributed by atoms with van der Waals surface area (Å²) in [5, 5.41) is 4.36. The summed E-state index contributed by atoms with van der Waals surface area (Å²) in [4.78, 5) is 21.7. The van der Waals surface area contributed by atoms with Gasteiger partial charge in [0.1, 0.15) is 5.78 Å². The number of Topliss-reactive ketones (excluding diaryl/α,β-unsaturated/α-hetero) is 1. The van der Waals surface area contributed by atoms with Crippen molar-refractivity contribution in [2.45, 2.75) is 44.7 Å². The van der Waals surface area contributed by atoms with Gasteiger partial charge in [0.25, 0.3) is 0 Å². The molecule has 1 aliphatic carbocycles. The van der Waals surface area contributed by atoms with Crippen molar-refractivity contribution < 1.29 is 9.32 Å². The maximum absolute atomic E-state index is 12.2. The van der Waals surface area contributed by atoms with E-state index < -0.39 is 0 Å². The van der Waals surface area contributed by atoms with Gasteiger partial charge in [-0.25, -0.2) is 0 Å². The fourth-order valence-corrected chi connectivity index (χ4v) is 5.30. The van der Waals surface area contributed by atoms with Gasteiger partial charge < -0.3 is 9.42 Å². The van der Waals surface area contributed by atoms with Gasteiger partial charge in [-0.15, -0.1) is 0 Å².